The number of hydrogen-bond acceptors (Lipinski definition) is 9. The highest BCUT2D eigenvalue weighted by Gasteiger charge is 2.31. The van der Waals surface area contributed by atoms with E-state index in [-0.39, 0.29) is 10.6 Å². The fraction of sp³-hybridized carbons (Fsp3) is 0.296. The summed E-state index contributed by atoms with van der Waals surface area (Å²) in [7, 11) is -3.62. The molecule has 13 heteroatoms. The lowest BCUT2D eigenvalue weighted by molar-refractivity contribution is -0.119. The molecule has 1 saturated heterocycles. The predicted octanol–water partition coefficient (Wildman–Crippen LogP) is 3.85. The number of rotatable bonds is 8. The number of sulfonamides is 1. The van der Waals surface area contributed by atoms with Gasteiger partial charge in [-0.25, -0.2) is 18.2 Å². The maximum absolute atomic E-state index is 13.1. The van der Waals surface area contributed by atoms with E-state index in [0.717, 1.165) is 12.1 Å². The zero-order chi connectivity index (χ0) is 28.3. The van der Waals surface area contributed by atoms with E-state index in [2.05, 4.69) is 34.3 Å². The average Bonchev–Trinajstić information content (AvgIpc) is 3.63. The summed E-state index contributed by atoms with van der Waals surface area (Å²) in [5.74, 6) is -0.722. The molecule has 0 radical (unpaired) electrons. The molecular weight excluding hydrogens is 552 g/mol. The summed E-state index contributed by atoms with van der Waals surface area (Å²) in [6, 6.07) is 15.3. The van der Waals surface area contributed by atoms with E-state index in [1.807, 2.05) is 30.3 Å². The molecule has 1 fully saturated rings. The fourth-order valence-corrected chi connectivity index (χ4v) is 7.01. The van der Waals surface area contributed by atoms with Gasteiger partial charge in [0.25, 0.3) is 5.91 Å². The zero-order valence-electron chi connectivity index (χ0n) is 21.9. The molecular formula is C27H28N6O5S2. The van der Waals surface area contributed by atoms with Crippen molar-refractivity contribution in [1.82, 2.24) is 24.3 Å². The minimum absolute atomic E-state index is 0.0537. The second-order valence-corrected chi connectivity index (χ2v) is 12.6. The van der Waals surface area contributed by atoms with Crippen LogP contribution in [0.4, 0.5) is 5.69 Å². The molecule has 0 spiro atoms. The molecule has 208 valence electrons. The Morgan fingerprint density at radius 3 is 2.45 bits per heavy atom. The number of para-hydroxylation sites is 1. The highest BCUT2D eigenvalue weighted by Crippen LogP contribution is 2.27. The Morgan fingerprint density at radius 2 is 1.75 bits per heavy atom. The third-order valence-electron chi connectivity index (χ3n) is 6.36. The van der Waals surface area contributed by atoms with Gasteiger partial charge < -0.3 is 10.1 Å². The number of piperidine rings is 1. The van der Waals surface area contributed by atoms with Gasteiger partial charge in [0, 0.05) is 24.2 Å². The van der Waals surface area contributed by atoms with Gasteiger partial charge in [0.2, 0.25) is 10.0 Å². The van der Waals surface area contributed by atoms with Gasteiger partial charge in [0.1, 0.15) is 10.7 Å². The van der Waals surface area contributed by atoms with Gasteiger partial charge >= 0.3 is 5.97 Å². The molecule has 2 aromatic carbocycles. The molecule has 4 aromatic rings. The van der Waals surface area contributed by atoms with E-state index in [9.17, 15) is 18.0 Å². The Balaban J connectivity index is 1.14. The van der Waals surface area contributed by atoms with Crippen molar-refractivity contribution in [3.63, 3.8) is 0 Å². The van der Waals surface area contributed by atoms with Crippen LogP contribution in [-0.2, 0) is 19.6 Å². The molecule has 11 nitrogen and oxygen atoms in total. The largest absolute Gasteiger partial charge is 0.451 e. The second kappa shape index (κ2) is 11.7. The fourth-order valence-electron chi connectivity index (χ4n) is 4.60. The molecule has 1 aliphatic rings. The van der Waals surface area contributed by atoms with Gasteiger partial charge in [-0.05, 0) is 54.7 Å². The van der Waals surface area contributed by atoms with Crippen molar-refractivity contribution in [2.75, 3.05) is 25.0 Å². The van der Waals surface area contributed by atoms with Gasteiger partial charge in [0.15, 0.2) is 12.3 Å². The number of carbonyl (C=O) groups is 2. The van der Waals surface area contributed by atoms with Crippen LogP contribution >= 0.6 is 11.3 Å². The summed E-state index contributed by atoms with van der Waals surface area (Å²) < 4.78 is 32.7. The Kier molecular flexibility index (Phi) is 8.05. The van der Waals surface area contributed by atoms with Crippen LogP contribution < -0.4 is 5.32 Å². The number of esters is 1. The molecule has 0 saturated carbocycles. The van der Waals surface area contributed by atoms with Gasteiger partial charge in [-0.15, -0.1) is 16.4 Å². The smallest absolute Gasteiger partial charge is 0.358 e. The number of hydrogen-bond donors (Lipinski definition) is 1. The lowest BCUT2D eigenvalue weighted by Gasteiger charge is -2.34. The molecule has 1 amide bonds. The van der Waals surface area contributed by atoms with Crippen molar-refractivity contribution in [1.29, 1.82) is 0 Å². The highest BCUT2D eigenvalue weighted by molar-refractivity contribution is 7.89. The number of thiazole rings is 1. The summed E-state index contributed by atoms with van der Waals surface area (Å²) in [6.45, 7) is 4.56. The van der Waals surface area contributed by atoms with Crippen LogP contribution in [-0.4, -0.2) is 64.3 Å². The standard InChI is InChI=1S/C27H28N6O5S2/c1-18-12-19(2)15-32(14-18)40(36,37)22-10-8-20(9-11-22)29-25(34)16-38-27(35)24-17-39-26(30-24)23-13-28-33(31-23)21-6-4-3-5-7-21/h3-11,13,17-19H,12,14-16H2,1-2H3,(H,29,34). The van der Waals surface area contributed by atoms with E-state index in [4.69, 9.17) is 4.74 Å². The van der Waals surface area contributed by atoms with Gasteiger partial charge in [-0.3, -0.25) is 4.79 Å². The van der Waals surface area contributed by atoms with E-state index in [1.165, 1.54) is 50.1 Å². The Morgan fingerprint density at radius 1 is 1.05 bits per heavy atom. The van der Waals surface area contributed by atoms with E-state index >= 15 is 0 Å². The number of nitrogens with one attached hydrogen (secondary N) is 1. The minimum Gasteiger partial charge on any atom is -0.451 e. The van der Waals surface area contributed by atoms with E-state index < -0.39 is 28.5 Å². The maximum Gasteiger partial charge on any atom is 0.358 e. The van der Waals surface area contributed by atoms with Crippen LogP contribution in [0.2, 0.25) is 0 Å². The Labute approximate surface area is 235 Å². The molecule has 2 unspecified atom stereocenters. The average molecular weight is 581 g/mol. The third-order valence-corrected chi connectivity index (χ3v) is 9.07. The van der Waals surface area contributed by atoms with Crippen LogP contribution in [0.1, 0.15) is 30.8 Å². The van der Waals surface area contributed by atoms with Crippen molar-refractivity contribution in [3.05, 3.63) is 71.9 Å². The molecule has 40 heavy (non-hydrogen) atoms. The van der Waals surface area contributed by atoms with Gasteiger partial charge in [-0.1, -0.05) is 32.0 Å². The minimum atomic E-state index is -3.62. The molecule has 1 aliphatic heterocycles. The summed E-state index contributed by atoms with van der Waals surface area (Å²) >= 11 is 1.21. The Hall–Kier alpha value is -3.94. The first-order valence-electron chi connectivity index (χ1n) is 12.7. The summed E-state index contributed by atoms with van der Waals surface area (Å²) in [5, 5.41) is 13.3. The summed E-state index contributed by atoms with van der Waals surface area (Å²) in [5.41, 5.74) is 1.73. The summed E-state index contributed by atoms with van der Waals surface area (Å²) in [6.07, 6.45) is 2.56. The second-order valence-electron chi connectivity index (χ2n) is 9.81. The monoisotopic (exact) mass is 580 g/mol. The van der Waals surface area contributed by atoms with Crippen LogP contribution in [0.15, 0.2) is 71.1 Å². The number of amides is 1. The van der Waals surface area contributed by atoms with Crippen LogP contribution in [0.3, 0.4) is 0 Å². The molecule has 0 bridgehead atoms. The quantitative estimate of drug-likeness (QED) is 0.311. The van der Waals surface area contributed by atoms with Gasteiger partial charge in [0.05, 0.1) is 16.8 Å². The number of nitrogens with zero attached hydrogens (tertiary/aromatic N) is 5. The van der Waals surface area contributed by atoms with Crippen LogP contribution in [0.5, 0.6) is 0 Å². The van der Waals surface area contributed by atoms with Crippen molar-refractivity contribution in [2.45, 2.75) is 25.2 Å². The molecule has 1 N–H and O–H groups in total. The Bertz CT molecular complexity index is 1590. The number of ether oxygens (including phenoxy) is 1. The van der Waals surface area contributed by atoms with E-state index in [0.29, 0.717) is 41.3 Å². The van der Waals surface area contributed by atoms with Gasteiger partial charge in [-0.2, -0.15) is 14.2 Å². The first-order chi connectivity index (χ1) is 19.2. The molecule has 2 atom stereocenters. The first-order valence-corrected chi connectivity index (χ1v) is 15.0. The number of benzene rings is 2. The van der Waals surface area contributed by atoms with E-state index in [1.54, 1.807) is 6.20 Å². The van der Waals surface area contributed by atoms with Crippen LogP contribution in [0, 0.1) is 11.8 Å². The normalized spacial score (nSPS) is 17.9. The SMILES string of the molecule is CC1CC(C)CN(S(=O)(=O)c2ccc(NC(=O)COC(=O)c3csc(-c4cnn(-c5ccccc5)n4)n3)cc2)C1. The summed E-state index contributed by atoms with van der Waals surface area (Å²) in [4.78, 5) is 30.7. The molecule has 5 rings (SSSR count). The molecule has 2 aromatic heterocycles. The molecule has 0 aliphatic carbocycles. The topological polar surface area (TPSA) is 136 Å². The lowest BCUT2D eigenvalue weighted by atomic mass is 9.94. The lowest BCUT2D eigenvalue weighted by Crippen LogP contribution is -2.42. The van der Waals surface area contributed by atoms with Crippen LogP contribution in [0.25, 0.3) is 16.4 Å². The van der Waals surface area contributed by atoms with Crippen molar-refractivity contribution >= 4 is 38.9 Å². The first kappa shape index (κ1) is 27.6. The van der Waals surface area contributed by atoms with Crippen molar-refractivity contribution in [3.8, 4) is 16.4 Å². The van der Waals surface area contributed by atoms with Crippen molar-refractivity contribution in [2.24, 2.45) is 11.8 Å². The number of aromatic nitrogens is 4. The third kappa shape index (κ3) is 6.27. The van der Waals surface area contributed by atoms with Crippen molar-refractivity contribution < 1.29 is 22.7 Å². The number of anilines is 1. The predicted molar refractivity (Wildman–Crippen MR) is 150 cm³/mol. The zero-order valence-corrected chi connectivity index (χ0v) is 23.6. The molecule has 3 heterocycles. The maximum atomic E-state index is 13.1. The highest BCUT2D eigenvalue weighted by atomic mass is 32.2. The number of carbonyl (C=O) groups excluding carboxylic acids is 2.